The topological polar surface area (TPSA) is 98.5 Å². The maximum Gasteiger partial charge on any atom is 0.341 e. The molecule has 1 saturated carbocycles. The molecule has 2 rings (SSSR count). The first-order valence-electron chi connectivity index (χ1n) is 7.24. The fourth-order valence-corrected chi connectivity index (χ4v) is 3.99. The first kappa shape index (κ1) is 19.0. The predicted molar refractivity (Wildman–Crippen MR) is 93.9 cm³/mol. The largest absolute Gasteiger partial charge is 0.459 e. The van der Waals surface area contributed by atoms with Crippen LogP contribution in [0, 0.1) is 12.3 Å². The molecule has 1 heterocycles. The number of nitrogens with two attached hydrogens (primary N) is 1. The van der Waals surface area contributed by atoms with Gasteiger partial charge in [-0.25, -0.2) is 4.79 Å². The van der Waals surface area contributed by atoms with Gasteiger partial charge in [-0.2, -0.15) is 0 Å². The number of nitrogens with one attached hydrogen (secondary N) is 1. The van der Waals surface area contributed by atoms with Crippen molar-refractivity contribution in [2.24, 2.45) is 11.1 Å². The number of thiophene rings is 1. The number of anilines is 1. The van der Waals surface area contributed by atoms with E-state index in [0.29, 0.717) is 12.0 Å². The highest BCUT2D eigenvalue weighted by atomic mass is 35.5. The van der Waals surface area contributed by atoms with Crippen molar-refractivity contribution >= 4 is 57.3 Å². The van der Waals surface area contributed by atoms with E-state index in [2.05, 4.69) is 5.32 Å². The summed E-state index contributed by atoms with van der Waals surface area (Å²) in [4.78, 5) is 36.5. The minimum atomic E-state index is -1.14. The van der Waals surface area contributed by atoms with E-state index in [1.807, 2.05) is 0 Å². The van der Waals surface area contributed by atoms with E-state index >= 15 is 0 Å². The second-order valence-electron chi connectivity index (χ2n) is 6.25. The van der Waals surface area contributed by atoms with Crippen LogP contribution in [0.1, 0.15) is 52.8 Å². The van der Waals surface area contributed by atoms with Crippen LogP contribution in [0.2, 0.25) is 0 Å². The highest BCUT2D eigenvalue weighted by Crippen LogP contribution is 2.64. The first-order chi connectivity index (χ1) is 10.9. The molecule has 2 amide bonds. The average molecular weight is 393 g/mol. The SMILES string of the molecule is Cc1c(C(N)=O)sc(NC(=O)[C@@]2(C)CC2(Cl)Cl)c1C(=O)OC(C)C. The second-order valence-corrected chi connectivity index (χ2v) is 8.75. The van der Waals surface area contributed by atoms with Gasteiger partial charge in [0.05, 0.1) is 22.0 Å². The number of rotatable bonds is 5. The number of primary amides is 1. The van der Waals surface area contributed by atoms with Crippen LogP contribution in [0.5, 0.6) is 0 Å². The maximum absolute atomic E-state index is 12.5. The molecule has 0 bridgehead atoms. The number of hydrogen-bond acceptors (Lipinski definition) is 5. The van der Waals surface area contributed by atoms with E-state index in [9.17, 15) is 14.4 Å². The summed E-state index contributed by atoms with van der Waals surface area (Å²) in [6.07, 6.45) is -0.0510. The van der Waals surface area contributed by atoms with Crippen molar-refractivity contribution in [3.05, 3.63) is 16.0 Å². The van der Waals surface area contributed by atoms with Gasteiger partial charge in [0.25, 0.3) is 5.91 Å². The molecule has 0 radical (unpaired) electrons. The first-order valence-corrected chi connectivity index (χ1v) is 8.81. The molecule has 3 N–H and O–H groups in total. The van der Waals surface area contributed by atoms with Gasteiger partial charge < -0.3 is 15.8 Å². The number of amides is 2. The second kappa shape index (κ2) is 6.20. The van der Waals surface area contributed by atoms with Crippen LogP contribution in [-0.2, 0) is 9.53 Å². The third-order valence-electron chi connectivity index (χ3n) is 3.90. The fourth-order valence-electron chi connectivity index (χ4n) is 2.24. The molecule has 0 saturated heterocycles. The minimum absolute atomic E-state index is 0.120. The molecule has 1 aliphatic rings. The Kier molecular flexibility index (Phi) is 4.92. The molecule has 1 aromatic rings. The Morgan fingerprint density at radius 3 is 2.29 bits per heavy atom. The molecule has 24 heavy (non-hydrogen) atoms. The molecule has 0 spiro atoms. The molecular formula is C15H18Cl2N2O4S. The monoisotopic (exact) mass is 392 g/mol. The molecule has 1 atom stereocenters. The Bertz CT molecular complexity index is 729. The zero-order valence-electron chi connectivity index (χ0n) is 13.7. The number of alkyl halides is 2. The van der Waals surface area contributed by atoms with Crippen LogP contribution in [0.15, 0.2) is 0 Å². The zero-order chi connectivity index (χ0) is 18.4. The van der Waals surface area contributed by atoms with Crippen LogP contribution in [0.3, 0.4) is 0 Å². The molecule has 132 valence electrons. The molecule has 1 aliphatic carbocycles. The van der Waals surface area contributed by atoms with E-state index in [4.69, 9.17) is 33.7 Å². The summed E-state index contributed by atoms with van der Waals surface area (Å²) in [5, 5.41) is 2.84. The van der Waals surface area contributed by atoms with Crippen molar-refractivity contribution < 1.29 is 19.1 Å². The number of ether oxygens (including phenoxy) is 1. The Balaban J connectivity index is 2.38. The number of carbonyl (C=O) groups is 3. The Morgan fingerprint density at radius 1 is 1.33 bits per heavy atom. The Labute approximate surface area is 153 Å². The standard InChI is InChI=1S/C15H18Cl2N2O4S/c1-6(2)23-12(21)8-7(3)9(10(18)20)24-11(8)19-13(22)14(4)5-15(14,16)17/h6H,5H2,1-4H3,(H2,18,20)(H,19,22)/t14-/m1/s1. The van der Waals surface area contributed by atoms with Crippen LogP contribution in [0.4, 0.5) is 5.00 Å². The molecule has 1 aromatic heterocycles. The lowest BCUT2D eigenvalue weighted by Gasteiger charge is -2.13. The smallest absolute Gasteiger partial charge is 0.341 e. The van der Waals surface area contributed by atoms with Crippen LogP contribution >= 0.6 is 34.5 Å². The Hall–Kier alpha value is -1.31. The lowest BCUT2D eigenvalue weighted by Crippen LogP contribution is -2.26. The average Bonchev–Trinajstić information content (AvgIpc) is 2.78. The van der Waals surface area contributed by atoms with Gasteiger partial charge >= 0.3 is 5.97 Å². The molecule has 6 nitrogen and oxygen atoms in total. The van der Waals surface area contributed by atoms with E-state index in [-0.39, 0.29) is 21.5 Å². The van der Waals surface area contributed by atoms with E-state index in [1.54, 1.807) is 27.7 Å². The quantitative estimate of drug-likeness (QED) is 0.593. The third-order valence-corrected chi connectivity index (χ3v) is 6.23. The van der Waals surface area contributed by atoms with Crippen molar-refractivity contribution in [3.8, 4) is 0 Å². The van der Waals surface area contributed by atoms with Gasteiger partial charge in [0.1, 0.15) is 9.33 Å². The highest BCUT2D eigenvalue weighted by Gasteiger charge is 2.68. The molecule has 0 aromatic carbocycles. The fraction of sp³-hybridized carbons (Fsp3) is 0.533. The zero-order valence-corrected chi connectivity index (χ0v) is 16.0. The van der Waals surface area contributed by atoms with Crippen LogP contribution in [0.25, 0.3) is 0 Å². The van der Waals surface area contributed by atoms with Crippen molar-refractivity contribution in [2.75, 3.05) is 5.32 Å². The summed E-state index contributed by atoms with van der Waals surface area (Å²) in [7, 11) is 0. The summed E-state index contributed by atoms with van der Waals surface area (Å²) in [5.41, 5.74) is 4.87. The third kappa shape index (κ3) is 3.25. The molecule has 0 aliphatic heterocycles. The number of esters is 1. The van der Waals surface area contributed by atoms with Crippen molar-refractivity contribution in [2.45, 2.75) is 44.6 Å². The lowest BCUT2D eigenvalue weighted by atomic mass is 10.1. The van der Waals surface area contributed by atoms with E-state index in [1.165, 1.54) is 0 Å². The summed E-state index contributed by atoms with van der Waals surface area (Å²) in [6.45, 7) is 6.61. The number of hydrogen-bond donors (Lipinski definition) is 2. The van der Waals surface area contributed by atoms with Crippen LogP contribution < -0.4 is 11.1 Å². The van der Waals surface area contributed by atoms with Crippen molar-refractivity contribution in [1.29, 1.82) is 0 Å². The summed E-state index contributed by atoms with van der Waals surface area (Å²) in [5.74, 6) is -1.74. The molecular weight excluding hydrogens is 375 g/mol. The van der Waals surface area contributed by atoms with Crippen molar-refractivity contribution in [3.63, 3.8) is 0 Å². The normalized spacial score (nSPS) is 21.5. The maximum atomic E-state index is 12.5. The summed E-state index contributed by atoms with van der Waals surface area (Å²) < 4.78 is 4.04. The number of halogens is 2. The predicted octanol–water partition coefficient (Wildman–Crippen LogP) is 3.24. The van der Waals surface area contributed by atoms with Crippen molar-refractivity contribution in [1.82, 2.24) is 0 Å². The van der Waals surface area contributed by atoms with Crippen LogP contribution in [-0.4, -0.2) is 28.2 Å². The van der Waals surface area contributed by atoms with E-state index in [0.717, 1.165) is 11.3 Å². The Morgan fingerprint density at radius 2 is 1.88 bits per heavy atom. The summed E-state index contributed by atoms with van der Waals surface area (Å²) in [6, 6.07) is 0. The summed E-state index contributed by atoms with van der Waals surface area (Å²) >= 11 is 12.9. The molecule has 9 heteroatoms. The van der Waals surface area contributed by atoms with Gasteiger partial charge in [-0.1, -0.05) is 0 Å². The van der Waals surface area contributed by atoms with E-state index < -0.39 is 27.5 Å². The van der Waals surface area contributed by atoms with Gasteiger partial charge in [0.15, 0.2) is 0 Å². The van der Waals surface area contributed by atoms with Gasteiger partial charge in [0.2, 0.25) is 5.91 Å². The molecule has 1 fully saturated rings. The lowest BCUT2D eigenvalue weighted by molar-refractivity contribution is -0.120. The minimum Gasteiger partial charge on any atom is -0.459 e. The number of carbonyl (C=O) groups excluding carboxylic acids is 3. The van der Waals surface area contributed by atoms with Gasteiger partial charge in [-0.15, -0.1) is 34.5 Å². The van der Waals surface area contributed by atoms with Gasteiger partial charge in [0, 0.05) is 0 Å². The molecule has 0 unspecified atom stereocenters. The van der Waals surface area contributed by atoms with Gasteiger partial charge in [-0.05, 0) is 39.7 Å². The van der Waals surface area contributed by atoms with Gasteiger partial charge in [-0.3, -0.25) is 9.59 Å². The highest BCUT2D eigenvalue weighted by molar-refractivity contribution is 7.18.